The van der Waals surface area contributed by atoms with E-state index in [9.17, 15) is 23.9 Å². The molecule has 2 aromatic heterocycles. The van der Waals surface area contributed by atoms with Crippen LogP contribution in [0.2, 0.25) is 0 Å². The molecule has 3 heterocycles. The average Bonchev–Trinajstić information content (AvgIpc) is 3.07. The molecule has 2 aromatic rings. The lowest BCUT2D eigenvalue weighted by atomic mass is 9.99. The van der Waals surface area contributed by atoms with Crippen LogP contribution in [0.25, 0.3) is 11.2 Å². The minimum Gasteiger partial charge on any atom is -0.386 e. The topological polar surface area (TPSA) is 223 Å². The molecule has 17 heteroatoms. The highest BCUT2D eigenvalue weighted by atomic mass is 31.3. The molecule has 1 aliphatic rings. The summed E-state index contributed by atoms with van der Waals surface area (Å²) in [5.41, 5.74) is 5.36. The molecule has 166 valence electrons. The first kappa shape index (κ1) is 22.7. The molecule has 5 atom stereocenters. The summed E-state index contributed by atoms with van der Waals surface area (Å²) in [7, 11) is -8.82. The number of nitrogens with zero attached hydrogens (tertiary/aromatic N) is 3. The molecule has 15 nitrogen and oxygen atoms in total. The van der Waals surface area contributed by atoms with E-state index in [0.717, 1.165) is 0 Å². The maximum Gasteiger partial charge on any atom is 0.481 e. The van der Waals surface area contributed by atoms with Crippen molar-refractivity contribution in [3.8, 4) is 0 Å². The summed E-state index contributed by atoms with van der Waals surface area (Å²) < 4.78 is 39.3. The third kappa shape index (κ3) is 4.54. The molecule has 0 spiro atoms. The number of anilines is 1. The van der Waals surface area contributed by atoms with E-state index in [-0.39, 0.29) is 17.1 Å². The largest absolute Gasteiger partial charge is 0.481 e. The second-order valence-electron chi connectivity index (χ2n) is 6.46. The number of aryl methyl sites for hydroxylation is 1. The molecule has 0 bridgehead atoms. The molecule has 0 aliphatic carbocycles. The number of aromatic nitrogens is 4. The molecule has 3 rings (SSSR count). The summed E-state index contributed by atoms with van der Waals surface area (Å²) in [6.07, 6.45) is -0.636. The van der Waals surface area contributed by atoms with Crippen molar-refractivity contribution in [1.29, 1.82) is 0 Å². The van der Waals surface area contributed by atoms with Gasteiger partial charge in [-0.1, -0.05) is 11.1 Å². The van der Waals surface area contributed by atoms with Crippen LogP contribution < -0.4 is 15.9 Å². The van der Waals surface area contributed by atoms with Crippen molar-refractivity contribution in [3.05, 3.63) is 29.3 Å². The maximum absolute atomic E-state index is 12.2. The summed E-state index contributed by atoms with van der Waals surface area (Å²) in [6.45, 7) is 2.92. The van der Waals surface area contributed by atoms with Gasteiger partial charge in [0.05, 0.1) is 19.8 Å². The Morgan fingerprint density at radius 3 is 2.73 bits per heavy atom. The Balaban J connectivity index is 1.88. The third-order valence-corrected chi connectivity index (χ3v) is 6.53. The van der Waals surface area contributed by atoms with Crippen LogP contribution in [0.15, 0.2) is 23.8 Å². The van der Waals surface area contributed by atoms with Gasteiger partial charge in [0.25, 0.3) is 11.5 Å². The van der Waals surface area contributed by atoms with Crippen molar-refractivity contribution in [2.75, 3.05) is 12.3 Å². The van der Waals surface area contributed by atoms with E-state index >= 15 is 0 Å². The molecule has 0 saturated carbocycles. The number of nitrogen functional groups attached to an aromatic ring is 1. The van der Waals surface area contributed by atoms with Crippen LogP contribution in [0.1, 0.15) is 6.23 Å². The van der Waals surface area contributed by atoms with E-state index < -0.39 is 52.2 Å². The zero-order chi connectivity index (χ0) is 22.4. The van der Waals surface area contributed by atoms with Crippen molar-refractivity contribution in [3.63, 3.8) is 0 Å². The van der Waals surface area contributed by atoms with Gasteiger partial charge in [0.15, 0.2) is 6.33 Å². The summed E-state index contributed by atoms with van der Waals surface area (Å²) in [5, 5.41) is 10.7. The second-order valence-corrected chi connectivity index (χ2v) is 9.29. The predicted molar refractivity (Wildman–Crippen MR) is 98.5 cm³/mol. The van der Waals surface area contributed by atoms with Crippen molar-refractivity contribution >= 4 is 32.8 Å². The second kappa shape index (κ2) is 7.96. The quantitative estimate of drug-likeness (QED) is 0.154. The lowest BCUT2D eigenvalue weighted by Gasteiger charge is -2.18. The monoisotopic (exact) mass is 468 g/mol. The zero-order valence-corrected chi connectivity index (χ0v) is 17.2. The van der Waals surface area contributed by atoms with Crippen molar-refractivity contribution in [1.82, 2.24) is 14.5 Å². The van der Waals surface area contributed by atoms with Crippen LogP contribution in [-0.4, -0.2) is 53.1 Å². The van der Waals surface area contributed by atoms with Gasteiger partial charge in [-0.25, -0.2) is 13.7 Å². The van der Waals surface area contributed by atoms with E-state index in [1.165, 1.54) is 21.5 Å². The number of ether oxygens (including phenoxy) is 1. The van der Waals surface area contributed by atoms with Crippen molar-refractivity contribution in [2.45, 2.75) is 18.4 Å². The maximum atomic E-state index is 12.2. The molecular weight excluding hydrogens is 448 g/mol. The number of fused-ring (bicyclic) bond motifs is 1. The molecule has 0 amide bonds. The SMILES string of the molecule is C=C[C@@H]1C(COP(=O)(O)OP(=O)(O)O)O[C@@H]([n+]2cn(C)c3c(=O)[nH]c(N)nc32)[C@@H]1O. The van der Waals surface area contributed by atoms with E-state index in [2.05, 4.69) is 25.4 Å². The van der Waals surface area contributed by atoms with E-state index in [1.807, 2.05) is 0 Å². The standard InChI is InChI=1S/C13H19N5O10P2/c1-3-6-7(4-26-30(24,25)28-29(21,22)23)27-12(9(6)19)18-5-17(2)8-10(18)15-13(14)16-11(8)20/h3,5-7,9,12,19H,1,4H2,2H3,(H5-,14,15,16,20,21,22,23,24,25)/p+1/t6-,7?,9-,12-/m1/s1. The molecular formula is C13H20N5O10P2+. The van der Waals surface area contributed by atoms with Gasteiger partial charge >= 0.3 is 21.3 Å². The van der Waals surface area contributed by atoms with Crippen molar-refractivity contribution < 1.29 is 47.1 Å². The first-order chi connectivity index (χ1) is 13.8. The third-order valence-electron chi connectivity index (χ3n) is 4.38. The van der Waals surface area contributed by atoms with Crippen LogP contribution in [0.3, 0.4) is 0 Å². The summed E-state index contributed by atoms with van der Waals surface area (Å²) >= 11 is 0. The van der Waals surface area contributed by atoms with Crippen LogP contribution in [0.4, 0.5) is 5.95 Å². The minimum absolute atomic E-state index is 0.116. The fourth-order valence-corrected chi connectivity index (χ4v) is 4.81. The fraction of sp³-hybridized carbons (Fsp3) is 0.462. The van der Waals surface area contributed by atoms with Crippen LogP contribution in [0.5, 0.6) is 0 Å². The number of rotatable bonds is 7. The number of imidazole rings is 1. The Bertz CT molecular complexity index is 1130. The molecule has 0 aromatic carbocycles. The molecule has 1 fully saturated rings. The van der Waals surface area contributed by atoms with Crippen LogP contribution in [0, 0.1) is 5.92 Å². The number of aliphatic hydroxyl groups is 1. The lowest BCUT2D eigenvalue weighted by molar-refractivity contribution is -0.745. The van der Waals surface area contributed by atoms with Crippen LogP contribution >= 0.6 is 15.6 Å². The number of H-pyrrole nitrogens is 1. The molecule has 7 N–H and O–H groups in total. The van der Waals surface area contributed by atoms with Crippen LogP contribution in [-0.2, 0) is 29.7 Å². The zero-order valence-electron chi connectivity index (χ0n) is 15.4. The smallest absolute Gasteiger partial charge is 0.386 e. The van der Waals surface area contributed by atoms with Gasteiger partial charge in [-0.3, -0.25) is 18.9 Å². The molecule has 30 heavy (non-hydrogen) atoms. The normalized spacial score (nSPS) is 26.7. The highest BCUT2D eigenvalue weighted by Gasteiger charge is 2.47. The summed E-state index contributed by atoms with van der Waals surface area (Å²) in [5.74, 6) is -0.969. The van der Waals surface area contributed by atoms with Gasteiger partial charge in [0.1, 0.15) is 6.10 Å². The summed E-state index contributed by atoms with van der Waals surface area (Å²) in [6, 6.07) is 0. The molecule has 1 aliphatic heterocycles. The average molecular weight is 468 g/mol. The van der Waals surface area contributed by atoms with Crippen molar-refractivity contribution in [2.24, 2.45) is 13.0 Å². The Kier molecular flexibility index (Phi) is 6.04. The molecule has 2 unspecified atom stereocenters. The first-order valence-electron chi connectivity index (χ1n) is 8.29. The lowest BCUT2D eigenvalue weighted by Crippen LogP contribution is -2.45. The predicted octanol–water partition coefficient (Wildman–Crippen LogP) is -1.58. The van der Waals surface area contributed by atoms with E-state index in [4.69, 9.17) is 20.3 Å². The van der Waals surface area contributed by atoms with Gasteiger partial charge in [0.2, 0.25) is 11.7 Å². The Morgan fingerprint density at radius 1 is 1.47 bits per heavy atom. The fourth-order valence-electron chi connectivity index (χ4n) is 3.21. The van der Waals surface area contributed by atoms with Gasteiger partial charge in [-0.2, -0.15) is 4.31 Å². The van der Waals surface area contributed by atoms with Gasteiger partial charge in [-0.05, 0) is 0 Å². The highest BCUT2D eigenvalue weighted by Crippen LogP contribution is 2.57. The highest BCUT2D eigenvalue weighted by molar-refractivity contribution is 7.60. The van der Waals surface area contributed by atoms with Gasteiger partial charge in [0, 0.05) is 5.92 Å². The number of phosphoric ester groups is 1. The Labute approximate surface area is 168 Å². The number of hydrogen-bond donors (Lipinski definition) is 6. The number of aliphatic hydroxyl groups excluding tert-OH is 1. The summed E-state index contributed by atoms with van der Waals surface area (Å²) in [4.78, 5) is 45.3. The van der Waals surface area contributed by atoms with E-state index in [1.54, 1.807) is 7.05 Å². The Morgan fingerprint density at radius 2 is 2.13 bits per heavy atom. The van der Waals surface area contributed by atoms with E-state index in [0.29, 0.717) is 0 Å². The van der Waals surface area contributed by atoms with Gasteiger partial charge < -0.3 is 30.3 Å². The number of aromatic amines is 1. The first-order valence-corrected chi connectivity index (χ1v) is 11.3. The molecule has 1 saturated heterocycles. The number of phosphoric acid groups is 2. The number of nitrogens with two attached hydrogens (primary N) is 1. The molecule has 0 radical (unpaired) electrons. The Hall–Kier alpha value is -1.93. The number of nitrogens with one attached hydrogen (secondary N) is 1. The van der Waals surface area contributed by atoms with Gasteiger partial charge in [-0.15, -0.1) is 6.58 Å². The minimum atomic E-state index is -5.28. The number of hydrogen-bond acceptors (Lipinski definition) is 9.